The summed E-state index contributed by atoms with van der Waals surface area (Å²) < 4.78 is 10.7. The molecule has 1 heterocycles. The Balaban J connectivity index is 1.73. The molecule has 3 rings (SSSR count). The van der Waals surface area contributed by atoms with E-state index in [4.69, 9.17) is 9.47 Å². The first kappa shape index (κ1) is 13.2. The highest BCUT2D eigenvalue weighted by Crippen LogP contribution is 2.35. The van der Waals surface area contributed by atoms with Gasteiger partial charge in [-0.05, 0) is 43.0 Å². The van der Waals surface area contributed by atoms with Gasteiger partial charge in [-0.15, -0.1) is 11.8 Å². The number of anilines is 1. The van der Waals surface area contributed by atoms with E-state index in [1.54, 1.807) is 11.8 Å². The van der Waals surface area contributed by atoms with Gasteiger partial charge in [0.2, 0.25) is 6.79 Å². The van der Waals surface area contributed by atoms with Gasteiger partial charge < -0.3 is 14.8 Å². The van der Waals surface area contributed by atoms with E-state index in [0.717, 1.165) is 17.2 Å². The maximum absolute atomic E-state index is 5.39. The zero-order valence-electron chi connectivity index (χ0n) is 11.6. The Hall–Kier alpha value is -1.81. The molecular weight excluding hydrogens is 270 g/mol. The van der Waals surface area contributed by atoms with Crippen molar-refractivity contribution >= 4 is 17.4 Å². The number of benzene rings is 2. The SMILES string of the molecule is CSc1ccc(C(C)Nc2ccc3c(c2)OCO3)cc1. The molecule has 0 amide bonds. The zero-order valence-corrected chi connectivity index (χ0v) is 12.4. The third kappa shape index (κ3) is 2.70. The number of nitrogens with one attached hydrogen (secondary N) is 1. The van der Waals surface area contributed by atoms with Crippen LogP contribution >= 0.6 is 11.8 Å². The highest BCUT2D eigenvalue weighted by molar-refractivity contribution is 7.98. The van der Waals surface area contributed by atoms with Crippen LogP contribution in [0.4, 0.5) is 5.69 Å². The number of fused-ring (bicyclic) bond motifs is 1. The van der Waals surface area contributed by atoms with Crippen LogP contribution in [0.3, 0.4) is 0 Å². The summed E-state index contributed by atoms with van der Waals surface area (Å²) >= 11 is 1.76. The van der Waals surface area contributed by atoms with Gasteiger partial charge in [-0.3, -0.25) is 0 Å². The molecule has 0 aliphatic carbocycles. The molecule has 2 aromatic carbocycles. The van der Waals surface area contributed by atoms with E-state index < -0.39 is 0 Å². The van der Waals surface area contributed by atoms with Crippen molar-refractivity contribution in [3.8, 4) is 11.5 Å². The van der Waals surface area contributed by atoms with Gasteiger partial charge in [0.25, 0.3) is 0 Å². The van der Waals surface area contributed by atoms with Crippen molar-refractivity contribution in [1.29, 1.82) is 0 Å². The first-order chi connectivity index (χ1) is 9.76. The van der Waals surface area contributed by atoms with Gasteiger partial charge in [-0.2, -0.15) is 0 Å². The smallest absolute Gasteiger partial charge is 0.231 e. The number of thioether (sulfide) groups is 1. The molecular formula is C16H17NO2S. The van der Waals surface area contributed by atoms with E-state index in [1.165, 1.54) is 10.5 Å². The fraction of sp³-hybridized carbons (Fsp3) is 0.250. The van der Waals surface area contributed by atoms with Gasteiger partial charge in [-0.25, -0.2) is 0 Å². The molecule has 0 fully saturated rings. The molecule has 1 atom stereocenters. The highest BCUT2D eigenvalue weighted by atomic mass is 32.2. The fourth-order valence-corrected chi connectivity index (χ4v) is 2.62. The van der Waals surface area contributed by atoms with Crippen molar-refractivity contribution in [2.24, 2.45) is 0 Å². The van der Waals surface area contributed by atoms with Crippen LogP contribution < -0.4 is 14.8 Å². The second kappa shape index (κ2) is 5.67. The van der Waals surface area contributed by atoms with E-state index in [2.05, 4.69) is 42.8 Å². The predicted molar refractivity (Wildman–Crippen MR) is 82.8 cm³/mol. The van der Waals surface area contributed by atoms with E-state index in [0.29, 0.717) is 6.79 Å². The third-order valence-electron chi connectivity index (χ3n) is 3.37. The molecule has 0 radical (unpaired) electrons. The van der Waals surface area contributed by atoms with E-state index >= 15 is 0 Å². The van der Waals surface area contributed by atoms with Crippen LogP contribution in [0.15, 0.2) is 47.4 Å². The summed E-state index contributed by atoms with van der Waals surface area (Å²) in [4.78, 5) is 1.28. The molecule has 104 valence electrons. The largest absolute Gasteiger partial charge is 0.454 e. The fourth-order valence-electron chi connectivity index (χ4n) is 2.21. The average Bonchev–Trinajstić information content (AvgIpc) is 2.95. The number of hydrogen-bond acceptors (Lipinski definition) is 4. The lowest BCUT2D eigenvalue weighted by Crippen LogP contribution is -2.06. The maximum atomic E-state index is 5.39. The van der Waals surface area contributed by atoms with Crippen LogP contribution in [0.1, 0.15) is 18.5 Å². The van der Waals surface area contributed by atoms with Gasteiger partial charge in [0.15, 0.2) is 11.5 Å². The van der Waals surface area contributed by atoms with Crippen molar-refractivity contribution in [2.45, 2.75) is 17.9 Å². The van der Waals surface area contributed by atoms with Gasteiger partial charge in [0.05, 0.1) is 0 Å². The minimum absolute atomic E-state index is 0.242. The Morgan fingerprint density at radius 3 is 2.55 bits per heavy atom. The standard InChI is InChI=1S/C16H17NO2S/c1-11(12-3-6-14(20-2)7-4-12)17-13-5-8-15-16(9-13)19-10-18-15/h3-9,11,17H,10H2,1-2H3. The molecule has 1 aliphatic heterocycles. The second-order valence-corrected chi connectivity index (χ2v) is 5.59. The Labute approximate surface area is 123 Å². The van der Waals surface area contributed by atoms with Crippen LogP contribution in [0, 0.1) is 0 Å². The van der Waals surface area contributed by atoms with Crippen molar-refractivity contribution < 1.29 is 9.47 Å². The molecule has 0 saturated heterocycles. The first-order valence-corrected chi connectivity index (χ1v) is 7.79. The predicted octanol–water partition coefficient (Wildman–Crippen LogP) is 4.31. The Morgan fingerprint density at radius 1 is 1.05 bits per heavy atom. The van der Waals surface area contributed by atoms with Crippen molar-refractivity contribution in [3.63, 3.8) is 0 Å². The lowest BCUT2D eigenvalue weighted by Gasteiger charge is -2.16. The van der Waals surface area contributed by atoms with E-state index in [9.17, 15) is 0 Å². The normalized spacial score (nSPS) is 14.1. The quantitative estimate of drug-likeness (QED) is 0.849. The Morgan fingerprint density at radius 2 is 1.80 bits per heavy atom. The molecule has 0 aromatic heterocycles. The number of hydrogen-bond donors (Lipinski definition) is 1. The Kier molecular flexibility index (Phi) is 3.74. The van der Waals surface area contributed by atoms with Gasteiger partial charge >= 0.3 is 0 Å². The second-order valence-electron chi connectivity index (χ2n) is 4.71. The van der Waals surface area contributed by atoms with Crippen molar-refractivity contribution in [2.75, 3.05) is 18.4 Å². The average molecular weight is 287 g/mol. The summed E-state index contributed by atoms with van der Waals surface area (Å²) in [6.45, 7) is 2.46. The third-order valence-corrected chi connectivity index (χ3v) is 4.12. The summed E-state index contributed by atoms with van der Waals surface area (Å²) in [5, 5.41) is 3.48. The molecule has 0 saturated carbocycles. The topological polar surface area (TPSA) is 30.5 Å². The zero-order chi connectivity index (χ0) is 13.9. The Bertz CT molecular complexity index is 598. The summed E-state index contributed by atoms with van der Waals surface area (Å²) in [7, 11) is 0. The molecule has 2 aromatic rings. The van der Waals surface area contributed by atoms with Gasteiger partial charge in [0, 0.05) is 22.7 Å². The molecule has 1 aliphatic rings. The lowest BCUT2D eigenvalue weighted by molar-refractivity contribution is 0.174. The molecule has 1 N–H and O–H groups in total. The van der Waals surface area contributed by atoms with Crippen LogP contribution in [0.5, 0.6) is 11.5 Å². The summed E-state index contributed by atoms with van der Waals surface area (Å²) in [6, 6.07) is 14.8. The molecule has 4 heteroatoms. The lowest BCUT2D eigenvalue weighted by atomic mass is 10.1. The van der Waals surface area contributed by atoms with Crippen molar-refractivity contribution in [3.05, 3.63) is 48.0 Å². The highest BCUT2D eigenvalue weighted by Gasteiger charge is 2.14. The molecule has 0 bridgehead atoms. The monoisotopic (exact) mass is 287 g/mol. The molecule has 1 unspecified atom stereocenters. The van der Waals surface area contributed by atoms with E-state index in [1.807, 2.05) is 18.2 Å². The minimum Gasteiger partial charge on any atom is -0.454 e. The van der Waals surface area contributed by atoms with Gasteiger partial charge in [-0.1, -0.05) is 12.1 Å². The summed E-state index contributed by atoms with van der Waals surface area (Å²) in [5.41, 5.74) is 2.30. The summed E-state index contributed by atoms with van der Waals surface area (Å²) in [5.74, 6) is 1.62. The summed E-state index contributed by atoms with van der Waals surface area (Å²) in [6.07, 6.45) is 2.09. The van der Waals surface area contributed by atoms with Crippen LogP contribution in [0.25, 0.3) is 0 Å². The van der Waals surface area contributed by atoms with Crippen LogP contribution in [-0.4, -0.2) is 13.0 Å². The van der Waals surface area contributed by atoms with E-state index in [-0.39, 0.29) is 6.04 Å². The van der Waals surface area contributed by atoms with Gasteiger partial charge in [0.1, 0.15) is 0 Å². The molecule has 20 heavy (non-hydrogen) atoms. The van der Waals surface area contributed by atoms with Crippen LogP contribution in [0.2, 0.25) is 0 Å². The van der Waals surface area contributed by atoms with Crippen molar-refractivity contribution in [1.82, 2.24) is 0 Å². The molecule has 0 spiro atoms. The molecule has 3 nitrogen and oxygen atoms in total. The maximum Gasteiger partial charge on any atom is 0.231 e. The van der Waals surface area contributed by atoms with Crippen LogP contribution in [-0.2, 0) is 0 Å². The first-order valence-electron chi connectivity index (χ1n) is 6.56. The number of rotatable bonds is 4. The minimum atomic E-state index is 0.242. The number of ether oxygens (including phenoxy) is 2.